The summed E-state index contributed by atoms with van der Waals surface area (Å²) in [5.74, 6) is -1.37. The van der Waals surface area contributed by atoms with Gasteiger partial charge in [0.2, 0.25) is 0 Å². The maximum Gasteiger partial charge on any atom is 0.347 e. The quantitative estimate of drug-likeness (QED) is 0.511. The summed E-state index contributed by atoms with van der Waals surface area (Å²) in [6, 6.07) is 15.0. The van der Waals surface area contributed by atoms with Gasteiger partial charge in [-0.1, -0.05) is 30.3 Å². The van der Waals surface area contributed by atoms with Gasteiger partial charge >= 0.3 is 11.9 Å². The van der Waals surface area contributed by atoms with E-state index in [1.54, 1.807) is 54.6 Å². The Morgan fingerprint density at radius 3 is 2.11 bits per heavy atom. The highest BCUT2D eigenvalue weighted by atomic mass is 32.1. The van der Waals surface area contributed by atoms with Crippen molar-refractivity contribution in [1.29, 1.82) is 0 Å². The van der Waals surface area contributed by atoms with Gasteiger partial charge in [0, 0.05) is 4.90 Å². The van der Waals surface area contributed by atoms with Gasteiger partial charge in [-0.25, -0.2) is 9.59 Å². The first-order chi connectivity index (χ1) is 8.68. The molecule has 0 N–H and O–H groups in total. The Kier molecular flexibility index (Phi) is 3.79. The highest BCUT2D eigenvalue weighted by Gasteiger charge is 2.16. The Bertz CT molecular complexity index is 579. The van der Waals surface area contributed by atoms with Crippen molar-refractivity contribution in [2.45, 2.75) is 4.90 Å². The molecule has 0 fully saturated rings. The van der Waals surface area contributed by atoms with Crippen molar-refractivity contribution in [3.8, 4) is 0 Å². The molecule has 90 valence electrons. The van der Waals surface area contributed by atoms with E-state index in [0.29, 0.717) is 10.5 Å². The minimum absolute atomic E-state index is 0.269. The van der Waals surface area contributed by atoms with Crippen molar-refractivity contribution in [2.24, 2.45) is 0 Å². The number of hydrogen-bond donors (Lipinski definition) is 1. The van der Waals surface area contributed by atoms with Crippen LogP contribution >= 0.6 is 12.6 Å². The summed E-state index contributed by atoms with van der Waals surface area (Å²) in [6.45, 7) is 0. The number of benzene rings is 2. The molecule has 0 radical (unpaired) electrons. The normalized spacial score (nSPS) is 9.83. The molecular formula is C14H10O3S. The number of ether oxygens (including phenoxy) is 1. The lowest BCUT2D eigenvalue weighted by molar-refractivity contribution is 0.0395. The summed E-state index contributed by atoms with van der Waals surface area (Å²) in [4.78, 5) is 23.9. The lowest BCUT2D eigenvalue weighted by Crippen LogP contribution is -2.13. The largest absolute Gasteiger partial charge is 0.386 e. The van der Waals surface area contributed by atoms with Crippen LogP contribution in [-0.2, 0) is 4.74 Å². The first-order valence-electron chi connectivity index (χ1n) is 5.28. The minimum Gasteiger partial charge on any atom is -0.386 e. The molecule has 0 aliphatic heterocycles. The molecule has 0 bridgehead atoms. The zero-order valence-corrected chi connectivity index (χ0v) is 10.3. The summed E-state index contributed by atoms with van der Waals surface area (Å²) >= 11 is 4.13. The van der Waals surface area contributed by atoms with Crippen LogP contribution in [0.5, 0.6) is 0 Å². The molecule has 4 heteroatoms. The number of esters is 2. The minimum atomic E-state index is -0.700. The molecular weight excluding hydrogens is 248 g/mol. The SMILES string of the molecule is O=C(OC(=O)c1ccccc1S)c1ccccc1. The van der Waals surface area contributed by atoms with E-state index in [-0.39, 0.29) is 5.56 Å². The van der Waals surface area contributed by atoms with Crippen molar-refractivity contribution >= 4 is 24.6 Å². The van der Waals surface area contributed by atoms with Crippen molar-refractivity contribution < 1.29 is 14.3 Å². The topological polar surface area (TPSA) is 43.4 Å². The van der Waals surface area contributed by atoms with E-state index >= 15 is 0 Å². The van der Waals surface area contributed by atoms with Crippen molar-refractivity contribution in [1.82, 2.24) is 0 Å². The molecule has 2 aromatic rings. The van der Waals surface area contributed by atoms with Crippen LogP contribution in [0.2, 0.25) is 0 Å². The third-order valence-corrected chi connectivity index (χ3v) is 2.71. The maximum atomic E-state index is 11.8. The first-order valence-corrected chi connectivity index (χ1v) is 5.73. The zero-order valence-electron chi connectivity index (χ0n) is 9.37. The van der Waals surface area contributed by atoms with Crippen LogP contribution in [0.15, 0.2) is 59.5 Å². The Morgan fingerprint density at radius 1 is 0.833 bits per heavy atom. The van der Waals surface area contributed by atoms with Crippen molar-refractivity contribution in [3.63, 3.8) is 0 Å². The standard InChI is InChI=1S/C14H10O3S/c15-13(10-6-2-1-3-7-10)17-14(16)11-8-4-5-9-12(11)18/h1-9,18H. The summed E-state index contributed by atoms with van der Waals surface area (Å²) in [7, 11) is 0. The molecule has 2 aromatic carbocycles. The molecule has 0 aliphatic rings. The van der Waals surface area contributed by atoms with Crippen LogP contribution in [0.3, 0.4) is 0 Å². The zero-order chi connectivity index (χ0) is 13.0. The van der Waals surface area contributed by atoms with E-state index < -0.39 is 11.9 Å². The van der Waals surface area contributed by atoms with E-state index in [1.807, 2.05) is 0 Å². The second kappa shape index (κ2) is 5.51. The van der Waals surface area contributed by atoms with Gasteiger partial charge in [-0.2, -0.15) is 0 Å². The Morgan fingerprint density at radius 2 is 1.44 bits per heavy atom. The van der Waals surface area contributed by atoms with E-state index in [1.165, 1.54) is 0 Å². The third-order valence-electron chi connectivity index (χ3n) is 2.32. The molecule has 2 rings (SSSR count). The molecule has 0 aromatic heterocycles. The molecule has 0 saturated heterocycles. The fraction of sp³-hybridized carbons (Fsp3) is 0. The van der Waals surface area contributed by atoms with Crippen LogP contribution in [-0.4, -0.2) is 11.9 Å². The molecule has 18 heavy (non-hydrogen) atoms. The van der Waals surface area contributed by atoms with Gasteiger partial charge < -0.3 is 4.74 Å². The van der Waals surface area contributed by atoms with Crippen LogP contribution in [0.25, 0.3) is 0 Å². The third kappa shape index (κ3) is 2.78. The Hall–Kier alpha value is -2.07. The molecule has 0 saturated carbocycles. The molecule has 0 heterocycles. The van der Waals surface area contributed by atoms with Gasteiger partial charge in [-0.15, -0.1) is 12.6 Å². The predicted molar refractivity (Wildman–Crippen MR) is 69.9 cm³/mol. The average Bonchev–Trinajstić information content (AvgIpc) is 2.40. The average molecular weight is 258 g/mol. The number of carbonyl (C=O) groups is 2. The van der Waals surface area contributed by atoms with Crippen molar-refractivity contribution in [3.05, 3.63) is 65.7 Å². The smallest absolute Gasteiger partial charge is 0.347 e. The number of thiol groups is 1. The van der Waals surface area contributed by atoms with Gasteiger partial charge in [0.25, 0.3) is 0 Å². The van der Waals surface area contributed by atoms with Crippen molar-refractivity contribution in [2.75, 3.05) is 0 Å². The predicted octanol–water partition coefficient (Wildman–Crippen LogP) is 2.97. The highest BCUT2D eigenvalue weighted by Crippen LogP contribution is 2.14. The van der Waals surface area contributed by atoms with E-state index in [9.17, 15) is 9.59 Å². The van der Waals surface area contributed by atoms with E-state index in [0.717, 1.165) is 0 Å². The van der Waals surface area contributed by atoms with Gasteiger partial charge in [-0.05, 0) is 24.3 Å². The van der Waals surface area contributed by atoms with E-state index in [2.05, 4.69) is 12.6 Å². The molecule has 0 aliphatic carbocycles. The Balaban J connectivity index is 2.14. The Labute approximate surface area is 110 Å². The van der Waals surface area contributed by atoms with Gasteiger partial charge in [0.1, 0.15) is 0 Å². The molecule has 3 nitrogen and oxygen atoms in total. The number of carbonyl (C=O) groups excluding carboxylic acids is 2. The second-order valence-corrected chi connectivity index (χ2v) is 4.04. The van der Waals surface area contributed by atoms with Gasteiger partial charge in [0.05, 0.1) is 11.1 Å². The van der Waals surface area contributed by atoms with Gasteiger partial charge in [-0.3, -0.25) is 0 Å². The summed E-state index contributed by atoms with van der Waals surface area (Å²) in [5.41, 5.74) is 0.604. The lowest BCUT2D eigenvalue weighted by atomic mass is 10.2. The molecule has 0 unspecified atom stereocenters. The van der Waals surface area contributed by atoms with E-state index in [4.69, 9.17) is 4.74 Å². The monoisotopic (exact) mass is 258 g/mol. The van der Waals surface area contributed by atoms with Crippen LogP contribution in [0, 0.1) is 0 Å². The number of hydrogen-bond acceptors (Lipinski definition) is 4. The molecule has 0 atom stereocenters. The summed E-state index contributed by atoms with van der Waals surface area (Å²) in [5, 5.41) is 0. The first kappa shape index (κ1) is 12.4. The fourth-order valence-electron chi connectivity index (χ4n) is 1.42. The summed E-state index contributed by atoms with van der Waals surface area (Å²) in [6.07, 6.45) is 0. The van der Waals surface area contributed by atoms with Crippen LogP contribution in [0.1, 0.15) is 20.7 Å². The fourth-order valence-corrected chi connectivity index (χ4v) is 1.67. The molecule has 0 spiro atoms. The van der Waals surface area contributed by atoms with Gasteiger partial charge in [0.15, 0.2) is 0 Å². The molecule has 0 amide bonds. The maximum absolute atomic E-state index is 11.8. The highest BCUT2D eigenvalue weighted by molar-refractivity contribution is 7.80. The summed E-state index contributed by atoms with van der Waals surface area (Å²) < 4.78 is 4.78. The second-order valence-electron chi connectivity index (χ2n) is 3.56. The van der Waals surface area contributed by atoms with Crippen LogP contribution in [0.4, 0.5) is 0 Å². The number of rotatable bonds is 2. The lowest BCUT2D eigenvalue weighted by Gasteiger charge is -2.04. The van der Waals surface area contributed by atoms with Crippen LogP contribution < -0.4 is 0 Å².